The second-order valence-corrected chi connectivity index (χ2v) is 6.22. The van der Waals surface area contributed by atoms with Crippen LogP contribution in [0, 0.1) is 6.92 Å². The van der Waals surface area contributed by atoms with Crippen LogP contribution in [0.1, 0.15) is 24.4 Å². The quantitative estimate of drug-likeness (QED) is 0.841. The number of aryl methyl sites for hydroxylation is 1. The summed E-state index contributed by atoms with van der Waals surface area (Å²) in [5.41, 5.74) is 0.974. The van der Waals surface area contributed by atoms with Gasteiger partial charge in [-0.15, -0.1) is 10.2 Å². The fraction of sp³-hybridized carbons (Fsp3) is 0.400. The highest BCUT2D eigenvalue weighted by Gasteiger charge is 2.17. The molecule has 0 radical (unpaired) electrons. The van der Waals surface area contributed by atoms with Crippen molar-refractivity contribution >= 4 is 17.7 Å². The lowest BCUT2D eigenvalue weighted by molar-refractivity contribution is -0.119. The number of hydrogen-bond donors (Lipinski definition) is 1. The molecule has 1 amide bonds. The van der Waals surface area contributed by atoms with Crippen molar-refractivity contribution in [3.63, 3.8) is 0 Å². The maximum atomic E-state index is 12.1. The summed E-state index contributed by atoms with van der Waals surface area (Å²) in [6.07, 6.45) is 0. The molecule has 1 atom stereocenters. The number of amides is 1. The van der Waals surface area contributed by atoms with E-state index in [0.717, 1.165) is 22.3 Å². The highest BCUT2D eigenvalue weighted by molar-refractivity contribution is 7.99. The van der Waals surface area contributed by atoms with E-state index >= 15 is 0 Å². The zero-order chi connectivity index (χ0) is 16.4. The van der Waals surface area contributed by atoms with E-state index in [1.165, 1.54) is 11.8 Å². The summed E-state index contributed by atoms with van der Waals surface area (Å²) in [5.74, 6) is 2.51. The molecular formula is C15H18N4O3S. The molecule has 0 unspecified atom stereocenters. The van der Waals surface area contributed by atoms with Crippen molar-refractivity contribution in [3.8, 4) is 11.5 Å². The third-order valence-corrected chi connectivity index (χ3v) is 4.68. The number of nitrogens with one attached hydrogen (secondary N) is 1. The molecule has 1 N–H and O–H groups in total. The topological polar surface area (TPSA) is 78.3 Å². The number of nitrogens with zero attached hydrogens (tertiary/aromatic N) is 3. The van der Waals surface area contributed by atoms with Gasteiger partial charge < -0.3 is 19.4 Å². The minimum Gasteiger partial charge on any atom is -0.454 e. The Morgan fingerprint density at radius 2 is 2.17 bits per heavy atom. The Hall–Kier alpha value is -2.22. The molecule has 0 spiro atoms. The van der Waals surface area contributed by atoms with Gasteiger partial charge in [-0.05, 0) is 31.5 Å². The summed E-state index contributed by atoms with van der Waals surface area (Å²) in [7, 11) is 1.88. The van der Waals surface area contributed by atoms with Crippen LogP contribution in [0.5, 0.6) is 11.5 Å². The lowest BCUT2D eigenvalue weighted by Gasteiger charge is -2.14. The van der Waals surface area contributed by atoms with Crippen LogP contribution in [-0.2, 0) is 11.8 Å². The molecule has 1 aliphatic heterocycles. The molecule has 0 bridgehead atoms. The number of ether oxygens (including phenoxy) is 2. The largest absolute Gasteiger partial charge is 0.454 e. The van der Waals surface area contributed by atoms with E-state index in [2.05, 4.69) is 15.5 Å². The van der Waals surface area contributed by atoms with Crippen LogP contribution in [0.4, 0.5) is 0 Å². The van der Waals surface area contributed by atoms with Gasteiger partial charge in [-0.3, -0.25) is 4.79 Å². The van der Waals surface area contributed by atoms with E-state index in [0.29, 0.717) is 11.5 Å². The zero-order valence-corrected chi connectivity index (χ0v) is 14.0. The summed E-state index contributed by atoms with van der Waals surface area (Å²) >= 11 is 1.37. The highest BCUT2D eigenvalue weighted by atomic mass is 32.2. The predicted molar refractivity (Wildman–Crippen MR) is 85.6 cm³/mol. The molecule has 23 heavy (non-hydrogen) atoms. The van der Waals surface area contributed by atoms with Gasteiger partial charge in [0.05, 0.1) is 11.8 Å². The Morgan fingerprint density at radius 3 is 2.91 bits per heavy atom. The van der Waals surface area contributed by atoms with E-state index < -0.39 is 0 Å². The van der Waals surface area contributed by atoms with Crippen molar-refractivity contribution < 1.29 is 14.3 Å². The summed E-state index contributed by atoms with van der Waals surface area (Å²) in [6, 6.07) is 5.57. The van der Waals surface area contributed by atoms with Crippen LogP contribution in [-0.4, -0.2) is 33.2 Å². The predicted octanol–water partition coefficient (Wildman–Crippen LogP) is 1.82. The molecule has 3 rings (SSSR count). The number of fused-ring (bicyclic) bond motifs is 1. The van der Waals surface area contributed by atoms with E-state index in [-0.39, 0.29) is 18.7 Å². The second-order valence-electron chi connectivity index (χ2n) is 5.28. The van der Waals surface area contributed by atoms with Crippen molar-refractivity contribution in [1.82, 2.24) is 20.1 Å². The summed E-state index contributed by atoms with van der Waals surface area (Å²) in [5, 5.41) is 11.7. The van der Waals surface area contributed by atoms with Crippen LogP contribution in [0.15, 0.2) is 23.4 Å². The van der Waals surface area contributed by atoms with E-state index in [4.69, 9.17) is 9.47 Å². The van der Waals surface area contributed by atoms with Crippen LogP contribution < -0.4 is 14.8 Å². The minimum absolute atomic E-state index is 0.0548. The van der Waals surface area contributed by atoms with Gasteiger partial charge in [-0.2, -0.15) is 0 Å². The maximum Gasteiger partial charge on any atom is 0.231 e. The number of thioether (sulfide) groups is 1. The van der Waals surface area contributed by atoms with E-state index in [1.54, 1.807) is 0 Å². The van der Waals surface area contributed by atoms with Gasteiger partial charge in [0, 0.05) is 7.05 Å². The van der Waals surface area contributed by atoms with Crippen molar-refractivity contribution in [2.24, 2.45) is 7.05 Å². The normalized spacial score (nSPS) is 13.9. The van der Waals surface area contributed by atoms with Gasteiger partial charge in [-0.25, -0.2) is 0 Å². The Bertz CT molecular complexity index is 732. The number of carbonyl (C=O) groups excluding carboxylic acids is 1. The Kier molecular flexibility index (Phi) is 4.42. The van der Waals surface area contributed by atoms with Crippen molar-refractivity contribution in [2.75, 3.05) is 12.5 Å². The maximum absolute atomic E-state index is 12.1. The Labute approximate surface area is 138 Å². The first-order chi connectivity index (χ1) is 11.0. The van der Waals surface area contributed by atoms with Gasteiger partial charge in [0.25, 0.3) is 0 Å². The second kappa shape index (κ2) is 6.49. The number of aromatic nitrogens is 3. The van der Waals surface area contributed by atoms with Gasteiger partial charge in [-0.1, -0.05) is 17.8 Å². The first kappa shape index (κ1) is 15.7. The summed E-state index contributed by atoms with van der Waals surface area (Å²) < 4.78 is 12.5. The molecule has 0 saturated heterocycles. The summed E-state index contributed by atoms with van der Waals surface area (Å²) in [4.78, 5) is 12.1. The lowest BCUT2D eigenvalue weighted by Crippen LogP contribution is -2.28. The molecule has 1 aliphatic rings. The molecule has 2 aromatic rings. The van der Waals surface area contributed by atoms with Crippen LogP contribution in [0.3, 0.4) is 0 Å². The molecule has 7 nitrogen and oxygen atoms in total. The average Bonchev–Trinajstić information content (AvgIpc) is 3.12. The third-order valence-electron chi connectivity index (χ3n) is 3.66. The molecule has 122 valence electrons. The van der Waals surface area contributed by atoms with Crippen molar-refractivity contribution in [3.05, 3.63) is 29.6 Å². The molecule has 2 heterocycles. The number of benzene rings is 1. The lowest BCUT2D eigenvalue weighted by atomic mass is 10.1. The van der Waals surface area contributed by atoms with E-state index in [9.17, 15) is 4.79 Å². The molecular weight excluding hydrogens is 316 g/mol. The fourth-order valence-corrected chi connectivity index (χ4v) is 2.96. The standard InChI is InChI=1S/C15H18N4O3S/c1-9(11-4-5-12-13(6-11)22-8-21-12)16-14(20)7-23-15-18-17-10(2)19(15)3/h4-6,9H,7-8H2,1-3H3,(H,16,20)/t9-/m1/s1. The number of rotatable bonds is 5. The first-order valence-electron chi connectivity index (χ1n) is 7.22. The molecule has 0 fully saturated rings. The van der Waals surface area contributed by atoms with Crippen molar-refractivity contribution in [2.45, 2.75) is 25.0 Å². The van der Waals surface area contributed by atoms with Crippen LogP contribution in [0.25, 0.3) is 0 Å². The zero-order valence-electron chi connectivity index (χ0n) is 13.2. The molecule has 1 aromatic heterocycles. The first-order valence-corrected chi connectivity index (χ1v) is 8.21. The van der Waals surface area contributed by atoms with Crippen LogP contribution >= 0.6 is 11.8 Å². The highest BCUT2D eigenvalue weighted by Crippen LogP contribution is 2.34. The Morgan fingerprint density at radius 1 is 1.39 bits per heavy atom. The average molecular weight is 334 g/mol. The molecule has 0 saturated carbocycles. The van der Waals surface area contributed by atoms with Gasteiger partial charge in [0.1, 0.15) is 5.82 Å². The number of hydrogen-bond acceptors (Lipinski definition) is 6. The van der Waals surface area contributed by atoms with Gasteiger partial charge in [0.15, 0.2) is 16.7 Å². The Balaban J connectivity index is 1.56. The van der Waals surface area contributed by atoms with Gasteiger partial charge >= 0.3 is 0 Å². The third kappa shape index (κ3) is 3.42. The summed E-state index contributed by atoms with van der Waals surface area (Å²) in [6.45, 7) is 4.05. The minimum atomic E-state index is -0.112. The van der Waals surface area contributed by atoms with Crippen LogP contribution in [0.2, 0.25) is 0 Å². The SMILES string of the molecule is Cc1nnc(SCC(=O)N[C@H](C)c2ccc3c(c2)OCO3)n1C. The smallest absolute Gasteiger partial charge is 0.231 e. The molecule has 0 aliphatic carbocycles. The van der Waals surface area contributed by atoms with E-state index in [1.807, 2.05) is 43.7 Å². The fourth-order valence-electron chi connectivity index (χ4n) is 2.19. The number of carbonyl (C=O) groups is 1. The molecule has 1 aromatic carbocycles. The molecule has 8 heteroatoms. The van der Waals surface area contributed by atoms with Gasteiger partial charge in [0.2, 0.25) is 12.7 Å². The van der Waals surface area contributed by atoms with Crippen molar-refractivity contribution in [1.29, 1.82) is 0 Å². The monoisotopic (exact) mass is 334 g/mol.